The Hall–Kier alpha value is -2.74. The Balaban J connectivity index is 0.000000325. The number of rotatable bonds is 4. The molecule has 2 nitrogen and oxygen atoms in total. The van der Waals surface area contributed by atoms with Crippen molar-refractivity contribution in [2.45, 2.75) is 0 Å². The Morgan fingerprint density at radius 3 is 1.92 bits per heavy atom. The van der Waals surface area contributed by atoms with Gasteiger partial charge in [0.05, 0.1) is 5.69 Å². The number of anilines is 2. The summed E-state index contributed by atoms with van der Waals surface area (Å²) in [6.07, 6.45) is 0. The molecule has 0 aromatic heterocycles. The van der Waals surface area contributed by atoms with E-state index < -0.39 is 0 Å². The molecule has 0 amide bonds. The summed E-state index contributed by atoms with van der Waals surface area (Å²) in [5, 5.41) is 0. The molecule has 2 N–H and O–H groups in total. The molecule has 0 saturated carbocycles. The number of nitrogens with one attached hydrogen (secondary N) is 2. The van der Waals surface area contributed by atoms with Gasteiger partial charge in [0.15, 0.2) is 0 Å². The van der Waals surface area contributed by atoms with Gasteiger partial charge in [0.1, 0.15) is 0 Å². The molecule has 25 heavy (non-hydrogen) atoms. The second-order valence-electron chi connectivity index (χ2n) is 5.30. The van der Waals surface area contributed by atoms with Crippen LogP contribution in [0.4, 0.5) is 11.4 Å². The van der Waals surface area contributed by atoms with Crippen LogP contribution in [-0.4, -0.2) is 0 Å². The summed E-state index contributed by atoms with van der Waals surface area (Å²) >= 11 is 0. The average Bonchev–Trinajstić information content (AvgIpc) is 3.37. The minimum atomic E-state index is 0. The van der Waals surface area contributed by atoms with Crippen LogP contribution in [0.1, 0.15) is 0 Å². The van der Waals surface area contributed by atoms with Crippen molar-refractivity contribution in [3.8, 4) is 11.1 Å². The third-order valence-corrected chi connectivity index (χ3v) is 3.57. The predicted molar refractivity (Wildman–Crippen MR) is 103 cm³/mol. The van der Waals surface area contributed by atoms with E-state index in [0.717, 1.165) is 11.4 Å². The molecule has 0 unspecified atom stereocenters. The molecule has 4 rings (SSSR count). The summed E-state index contributed by atoms with van der Waals surface area (Å²) in [5.74, 6) is 0. The van der Waals surface area contributed by atoms with E-state index in [1.807, 2.05) is 66.7 Å². The van der Waals surface area contributed by atoms with Crippen LogP contribution in [0, 0.1) is 0 Å². The van der Waals surface area contributed by atoms with Crippen molar-refractivity contribution in [3.63, 3.8) is 0 Å². The van der Waals surface area contributed by atoms with Crippen molar-refractivity contribution >= 4 is 11.4 Å². The summed E-state index contributed by atoms with van der Waals surface area (Å²) < 4.78 is 0. The van der Waals surface area contributed by atoms with Gasteiger partial charge in [-0.15, -0.1) is 18.2 Å². The van der Waals surface area contributed by atoms with Crippen LogP contribution in [0.5, 0.6) is 0 Å². The van der Waals surface area contributed by atoms with Crippen LogP contribution >= 0.6 is 0 Å². The first-order chi connectivity index (χ1) is 11.9. The Kier molecular flexibility index (Phi) is 7.58. The second-order valence-corrected chi connectivity index (χ2v) is 5.30. The number of hydrogen-bond donors (Lipinski definition) is 2. The molecule has 0 spiro atoms. The number of benzene rings is 2. The molecule has 4 aromatic rings. The Morgan fingerprint density at radius 2 is 1.28 bits per heavy atom. The van der Waals surface area contributed by atoms with Gasteiger partial charge in [-0.2, -0.15) is 30.3 Å². The fourth-order valence-corrected chi connectivity index (χ4v) is 2.38. The van der Waals surface area contributed by atoms with Gasteiger partial charge >= 0.3 is 17.1 Å². The zero-order valence-electron chi connectivity index (χ0n) is 13.7. The van der Waals surface area contributed by atoms with Gasteiger partial charge in [0, 0.05) is 0 Å². The molecule has 0 fully saturated rings. The van der Waals surface area contributed by atoms with E-state index in [9.17, 15) is 0 Å². The van der Waals surface area contributed by atoms with Crippen LogP contribution in [-0.2, 0) is 17.1 Å². The Bertz CT molecular complexity index is 789. The first kappa shape index (κ1) is 18.6. The maximum absolute atomic E-state index is 3.27. The van der Waals surface area contributed by atoms with E-state index in [1.54, 1.807) is 0 Å². The molecule has 0 aliphatic carbocycles. The van der Waals surface area contributed by atoms with E-state index in [2.05, 4.69) is 53.3 Å². The van der Waals surface area contributed by atoms with Gasteiger partial charge in [-0.3, -0.25) is 0 Å². The van der Waals surface area contributed by atoms with Crippen molar-refractivity contribution in [1.82, 2.24) is 0 Å². The summed E-state index contributed by atoms with van der Waals surface area (Å²) in [5.41, 5.74) is 11.0. The van der Waals surface area contributed by atoms with E-state index in [-0.39, 0.29) is 17.1 Å². The average molecular weight is 368 g/mol. The van der Waals surface area contributed by atoms with Crippen molar-refractivity contribution < 1.29 is 17.1 Å². The first-order valence-corrected chi connectivity index (χ1v) is 7.98. The van der Waals surface area contributed by atoms with Crippen LogP contribution in [0.3, 0.4) is 0 Å². The third-order valence-electron chi connectivity index (χ3n) is 3.57. The molecule has 0 saturated heterocycles. The monoisotopic (exact) mass is 368 g/mol. The standard InChI is InChI=1S/C17H15N2.C5H5.Fe/c1-2-10-15(11-3-1)18-19-17-13-7-6-12-16(17)14-8-4-5-9-14;1-2-4-5-3-1;/h1-13,18-19H;1-5H;/q2*-1;+2. The quantitative estimate of drug-likeness (QED) is 0.266. The molecule has 126 valence electrons. The van der Waals surface area contributed by atoms with Gasteiger partial charge in [0.2, 0.25) is 0 Å². The molecule has 0 atom stereocenters. The zero-order valence-corrected chi connectivity index (χ0v) is 14.9. The second kappa shape index (κ2) is 10.2. The van der Waals surface area contributed by atoms with Crippen LogP contribution in [0.25, 0.3) is 11.1 Å². The van der Waals surface area contributed by atoms with Crippen molar-refractivity contribution in [2.75, 3.05) is 10.9 Å². The minimum Gasteiger partial charge on any atom is -0.333 e. The molecule has 0 aliphatic rings. The fourth-order valence-electron chi connectivity index (χ4n) is 2.38. The summed E-state index contributed by atoms with van der Waals surface area (Å²) in [6.45, 7) is 0. The van der Waals surface area contributed by atoms with Crippen LogP contribution in [0.15, 0.2) is 109 Å². The SMILES string of the molecule is [Fe+2].c1cc[cH-]c1.c1ccc(NNc2ccccc2-[c-]2cccc2)cc1. The van der Waals surface area contributed by atoms with Gasteiger partial charge in [-0.05, 0) is 17.8 Å². The predicted octanol–water partition coefficient (Wildman–Crippen LogP) is 5.91. The fraction of sp³-hybridized carbons (Fsp3) is 0. The van der Waals surface area contributed by atoms with Gasteiger partial charge in [-0.25, -0.2) is 12.1 Å². The molecule has 3 heteroatoms. The van der Waals surface area contributed by atoms with Crippen LogP contribution < -0.4 is 10.9 Å². The maximum Gasteiger partial charge on any atom is 2.00 e. The van der Waals surface area contributed by atoms with E-state index in [4.69, 9.17) is 0 Å². The summed E-state index contributed by atoms with van der Waals surface area (Å²) in [4.78, 5) is 0. The normalized spacial score (nSPS) is 9.28. The van der Waals surface area contributed by atoms with E-state index >= 15 is 0 Å². The molecule has 0 radical (unpaired) electrons. The Morgan fingerprint density at radius 1 is 0.640 bits per heavy atom. The summed E-state index contributed by atoms with van der Waals surface area (Å²) in [7, 11) is 0. The van der Waals surface area contributed by atoms with Gasteiger partial charge in [0.25, 0.3) is 0 Å². The maximum atomic E-state index is 3.27. The molecule has 4 aromatic carbocycles. The minimum absolute atomic E-state index is 0. The Labute approximate surface area is 159 Å². The third kappa shape index (κ3) is 5.68. The number of hydrogen-bond acceptors (Lipinski definition) is 2. The van der Waals surface area contributed by atoms with Crippen molar-refractivity contribution in [1.29, 1.82) is 0 Å². The molecule has 0 heterocycles. The number of para-hydroxylation sites is 2. The van der Waals surface area contributed by atoms with Gasteiger partial charge in [-0.1, -0.05) is 47.5 Å². The molecule has 0 aliphatic heterocycles. The van der Waals surface area contributed by atoms with Crippen LogP contribution in [0.2, 0.25) is 0 Å². The molecular formula is C22H20FeN2. The smallest absolute Gasteiger partial charge is 0.333 e. The zero-order chi connectivity index (χ0) is 16.5. The number of hydrazine groups is 1. The van der Waals surface area contributed by atoms with E-state index in [0.29, 0.717) is 0 Å². The largest absolute Gasteiger partial charge is 2.00 e. The summed E-state index contributed by atoms with van der Waals surface area (Å²) in [6, 6.07) is 36.7. The van der Waals surface area contributed by atoms with Crippen molar-refractivity contribution in [3.05, 3.63) is 109 Å². The molecule has 0 bridgehead atoms. The topological polar surface area (TPSA) is 24.1 Å². The molecular weight excluding hydrogens is 348 g/mol. The van der Waals surface area contributed by atoms with Gasteiger partial charge < -0.3 is 10.9 Å². The van der Waals surface area contributed by atoms with Crippen molar-refractivity contribution in [2.24, 2.45) is 0 Å². The van der Waals surface area contributed by atoms with E-state index in [1.165, 1.54) is 11.1 Å². The first-order valence-electron chi connectivity index (χ1n) is 7.98.